The molecule has 0 amide bonds. The van der Waals surface area contributed by atoms with Gasteiger partial charge in [0.05, 0.1) is 25.4 Å². The largest absolute Gasteiger partial charge is 0.466 e. The van der Waals surface area contributed by atoms with Crippen molar-refractivity contribution in [2.24, 2.45) is 0 Å². The number of fused-ring (bicyclic) bond motifs is 2. The van der Waals surface area contributed by atoms with E-state index in [-0.39, 0.29) is 11.1 Å². The number of carbonyl (C=O) groups is 2. The zero-order valence-electron chi connectivity index (χ0n) is 15.0. The molecule has 136 valence electrons. The molecule has 0 aromatic heterocycles. The van der Waals surface area contributed by atoms with Crippen LogP contribution in [-0.2, 0) is 35.0 Å². The molecule has 2 aliphatic rings. The van der Waals surface area contributed by atoms with E-state index in [1.807, 2.05) is 72.8 Å². The zero-order valence-corrected chi connectivity index (χ0v) is 15.0. The second kappa shape index (κ2) is 6.21. The zero-order chi connectivity index (χ0) is 19.1. The van der Waals surface area contributed by atoms with Gasteiger partial charge in [-0.25, -0.2) is 9.59 Å². The number of ether oxygens (including phenoxy) is 3. The van der Waals surface area contributed by atoms with Gasteiger partial charge in [0.15, 0.2) is 0 Å². The molecule has 27 heavy (non-hydrogen) atoms. The number of benzene rings is 2. The van der Waals surface area contributed by atoms with Crippen molar-refractivity contribution < 1.29 is 23.8 Å². The van der Waals surface area contributed by atoms with Gasteiger partial charge in [0.1, 0.15) is 11.2 Å². The van der Waals surface area contributed by atoms with E-state index < -0.39 is 23.1 Å². The van der Waals surface area contributed by atoms with Gasteiger partial charge in [-0.1, -0.05) is 60.7 Å². The Hall–Kier alpha value is -3.18. The normalized spacial score (nSPS) is 25.6. The van der Waals surface area contributed by atoms with Crippen molar-refractivity contribution >= 4 is 11.9 Å². The second-order valence-electron chi connectivity index (χ2n) is 6.37. The molecule has 2 aromatic rings. The van der Waals surface area contributed by atoms with Crippen LogP contribution in [0.25, 0.3) is 0 Å². The number of rotatable bonds is 4. The molecular formula is C22H18O5. The number of hydrogen-bond donors (Lipinski definition) is 0. The molecule has 0 saturated carbocycles. The first-order valence-electron chi connectivity index (χ1n) is 8.52. The van der Waals surface area contributed by atoms with Crippen LogP contribution in [0.4, 0.5) is 0 Å². The van der Waals surface area contributed by atoms with Crippen molar-refractivity contribution in [2.45, 2.75) is 11.2 Å². The fraction of sp³-hybridized carbons (Fsp3) is 0.182. The number of hydrogen-bond acceptors (Lipinski definition) is 5. The summed E-state index contributed by atoms with van der Waals surface area (Å²) in [4.78, 5) is 25.6. The number of methoxy groups -OCH3 is 2. The maximum absolute atomic E-state index is 12.8. The Balaban J connectivity index is 2.04. The fourth-order valence-corrected chi connectivity index (χ4v) is 3.88. The SMILES string of the molecule is COC(=O)C1=C(C(=O)OC)C2(c3ccccc3)C=CC1(c1ccccc1)O2. The lowest BCUT2D eigenvalue weighted by Crippen LogP contribution is -2.30. The van der Waals surface area contributed by atoms with Crippen molar-refractivity contribution in [3.63, 3.8) is 0 Å². The monoisotopic (exact) mass is 362 g/mol. The Bertz CT molecular complexity index is 883. The van der Waals surface area contributed by atoms with Crippen LogP contribution in [0.2, 0.25) is 0 Å². The number of carbonyl (C=O) groups excluding carboxylic acids is 2. The van der Waals surface area contributed by atoms with Gasteiger partial charge in [0.2, 0.25) is 0 Å². The summed E-state index contributed by atoms with van der Waals surface area (Å²) in [6.07, 6.45) is 3.63. The van der Waals surface area contributed by atoms with Crippen LogP contribution >= 0.6 is 0 Å². The first-order valence-corrected chi connectivity index (χ1v) is 8.52. The van der Waals surface area contributed by atoms with Gasteiger partial charge in [-0.2, -0.15) is 0 Å². The second-order valence-corrected chi connectivity index (χ2v) is 6.37. The Morgan fingerprint density at radius 3 is 1.41 bits per heavy atom. The van der Waals surface area contributed by atoms with E-state index in [1.54, 1.807) is 0 Å². The smallest absolute Gasteiger partial charge is 0.338 e. The van der Waals surface area contributed by atoms with E-state index in [1.165, 1.54) is 14.2 Å². The Kier molecular flexibility index (Phi) is 3.97. The van der Waals surface area contributed by atoms with Crippen molar-refractivity contribution in [1.29, 1.82) is 0 Å². The average molecular weight is 362 g/mol. The van der Waals surface area contributed by atoms with E-state index in [2.05, 4.69) is 0 Å². The molecule has 2 unspecified atom stereocenters. The highest BCUT2D eigenvalue weighted by Gasteiger charge is 2.63. The average Bonchev–Trinajstić information content (AvgIpc) is 3.28. The third kappa shape index (κ3) is 2.28. The van der Waals surface area contributed by atoms with Crippen LogP contribution in [0.15, 0.2) is 84.0 Å². The lowest BCUT2D eigenvalue weighted by molar-refractivity contribution is -0.139. The molecule has 0 spiro atoms. The van der Waals surface area contributed by atoms with Gasteiger partial charge in [0, 0.05) is 0 Å². The highest BCUT2D eigenvalue weighted by molar-refractivity contribution is 6.06. The van der Waals surface area contributed by atoms with Crippen molar-refractivity contribution in [3.8, 4) is 0 Å². The van der Waals surface area contributed by atoms with Gasteiger partial charge in [-0.3, -0.25) is 0 Å². The lowest BCUT2D eigenvalue weighted by atomic mass is 9.76. The maximum atomic E-state index is 12.8. The third-order valence-electron chi connectivity index (χ3n) is 5.05. The lowest BCUT2D eigenvalue weighted by Gasteiger charge is -2.28. The van der Waals surface area contributed by atoms with Gasteiger partial charge >= 0.3 is 11.9 Å². The first-order chi connectivity index (χ1) is 13.1. The van der Waals surface area contributed by atoms with Crippen LogP contribution in [0, 0.1) is 0 Å². The summed E-state index contributed by atoms with van der Waals surface area (Å²) in [5.41, 5.74) is -0.665. The van der Waals surface area contributed by atoms with Crippen molar-refractivity contribution in [3.05, 3.63) is 95.1 Å². The molecule has 2 aromatic carbocycles. The molecule has 0 aliphatic carbocycles. The minimum absolute atomic E-state index is 0.148. The van der Waals surface area contributed by atoms with Crippen LogP contribution < -0.4 is 0 Å². The molecule has 2 bridgehead atoms. The van der Waals surface area contributed by atoms with E-state index >= 15 is 0 Å². The van der Waals surface area contributed by atoms with Crippen LogP contribution in [-0.4, -0.2) is 26.2 Å². The topological polar surface area (TPSA) is 61.8 Å². The predicted molar refractivity (Wildman–Crippen MR) is 97.5 cm³/mol. The molecule has 2 atom stereocenters. The summed E-state index contributed by atoms with van der Waals surface area (Å²) in [6.45, 7) is 0. The highest BCUT2D eigenvalue weighted by Crippen LogP contribution is 2.59. The Morgan fingerprint density at radius 2 is 1.07 bits per heavy atom. The van der Waals surface area contributed by atoms with Gasteiger partial charge < -0.3 is 14.2 Å². The molecule has 4 rings (SSSR count). The Morgan fingerprint density at radius 1 is 0.704 bits per heavy atom. The first kappa shape index (κ1) is 17.2. The third-order valence-corrected chi connectivity index (χ3v) is 5.05. The van der Waals surface area contributed by atoms with Crippen LogP contribution in [0.1, 0.15) is 11.1 Å². The van der Waals surface area contributed by atoms with Crippen molar-refractivity contribution in [2.75, 3.05) is 14.2 Å². The molecular weight excluding hydrogens is 344 g/mol. The van der Waals surface area contributed by atoms with E-state index in [0.717, 1.165) is 11.1 Å². The van der Waals surface area contributed by atoms with Gasteiger partial charge in [-0.05, 0) is 23.3 Å². The molecule has 2 aliphatic heterocycles. The van der Waals surface area contributed by atoms with E-state index in [0.29, 0.717) is 0 Å². The highest BCUT2D eigenvalue weighted by atomic mass is 16.6. The van der Waals surface area contributed by atoms with E-state index in [4.69, 9.17) is 14.2 Å². The Labute approximate surface area is 156 Å². The van der Waals surface area contributed by atoms with Crippen molar-refractivity contribution in [1.82, 2.24) is 0 Å². The summed E-state index contributed by atoms with van der Waals surface area (Å²) >= 11 is 0. The summed E-state index contributed by atoms with van der Waals surface area (Å²) in [5, 5.41) is 0. The predicted octanol–water partition coefficient (Wildman–Crippen LogP) is 3.02. The van der Waals surface area contributed by atoms with Crippen LogP contribution in [0.5, 0.6) is 0 Å². The van der Waals surface area contributed by atoms with Crippen LogP contribution in [0.3, 0.4) is 0 Å². The summed E-state index contributed by atoms with van der Waals surface area (Å²) in [6, 6.07) is 18.6. The molecule has 0 fully saturated rings. The summed E-state index contributed by atoms with van der Waals surface area (Å²) in [5.74, 6) is -1.25. The quantitative estimate of drug-likeness (QED) is 0.618. The van der Waals surface area contributed by atoms with Gasteiger partial charge in [0.25, 0.3) is 0 Å². The summed E-state index contributed by atoms with van der Waals surface area (Å²) in [7, 11) is 2.57. The molecule has 0 radical (unpaired) electrons. The molecule has 0 N–H and O–H groups in total. The number of esters is 2. The molecule has 0 saturated heterocycles. The summed E-state index contributed by atoms with van der Waals surface area (Å²) < 4.78 is 16.5. The minimum Gasteiger partial charge on any atom is -0.466 e. The minimum atomic E-state index is -1.21. The molecule has 5 nitrogen and oxygen atoms in total. The van der Waals surface area contributed by atoms with E-state index in [9.17, 15) is 9.59 Å². The molecule has 5 heteroatoms. The fourth-order valence-electron chi connectivity index (χ4n) is 3.88. The maximum Gasteiger partial charge on any atom is 0.338 e. The molecule has 2 heterocycles. The standard InChI is InChI=1S/C22H18O5/c1-25-19(23)17-18(20(24)26-2)22(16-11-7-4-8-12-16)14-13-21(17,27-22)15-9-5-3-6-10-15/h3-14H,1-2H3. The van der Waals surface area contributed by atoms with Gasteiger partial charge in [-0.15, -0.1) is 0 Å².